The SMILES string of the molecule is CC(C)N1CC(C(=O)NCCCNC(=O)CC#N)CC1=O. The molecule has 116 valence electrons. The first-order chi connectivity index (χ1) is 9.95. The molecule has 7 nitrogen and oxygen atoms in total. The molecule has 0 aromatic rings. The third-order valence-electron chi connectivity index (χ3n) is 3.37. The van der Waals surface area contributed by atoms with Crippen molar-refractivity contribution >= 4 is 17.7 Å². The highest BCUT2D eigenvalue weighted by Crippen LogP contribution is 2.19. The van der Waals surface area contributed by atoms with Gasteiger partial charge in [-0.05, 0) is 20.3 Å². The van der Waals surface area contributed by atoms with Crippen molar-refractivity contribution in [2.24, 2.45) is 5.92 Å². The summed E-state index contributed by atoms with van der Waals surface area (Å²) in [5.74, 6) is -0.686. The highest BCUT2D eigenvalue weighted by molar-refractivity contribution is 5.89. The zero-order valence-corrected chi connectivity index (χ0v) is 12.5. The van der Waals surface area contributed by atoms with Crippen LogP contribution in [-0.2, 0) is 14.4 Å². The highest BCUT2D eigenvalue weighted by Gasteiger charge is 2.35. The van der Waals surface area contributed by atoms with Gasteiger partial charge in [-0.3, -0.25) is 14.4 Å². The topological polar surface area (TPSA) is 102 Å². The number of nitriles is 1. The number of hydrogen-bond donors (Lipinski definition) is 2. The average molecular weight is 294 g/mol. The Balaban J connectivity index is 2.19. The Morgan fingerprint density at radius 3 is 2.62 bits per heavy atom. The molecule has 1 rings (SSSR count). The minimum Gasteiger partial charge on any atom is -0.356 e. The second-order valence-corrected chi connectivity index (χ2v) is 5.37. The largest absolute Gasteiger partial charge is 0.356 e. The minimum absolute atomic E-state index is 0.0221. The molecule has 1 aliphatic heterocycles. The summed E-state index contributed by atoms with van der Waals surface area (Å²) in [5, 5.41) is 13.7. The summed E-state index contributed by atoms with van der Waals surface area (Å²) in [6.07, 6.45) is 0.710. The fourth-order valence-corrected chi connectivity index (χ4v) is 2.21. The Morgan fingerprint density at radius 2 is 2.05 bits per heavy atom. The van der Waals surface area contributed by atoms with Gasteiger partial charge in [0.05, 0.1) is 12.0 Å². The second-order valence-electron chi connectivity index (χ2n) is 5.37. The molecule has 1 atom stereocenters. The Bertz CT molecular complexity index is 442. The molecule has 0 aromatic heterocycles. The lowest BCUT2D eigenvalue weighted by Crippen LogP contribution is -2.36. The predicted octanol–water partition coefficient (Wildman–Crippen LogP) is -0.221. The summed E-state index contributed by atoms with van der Waals surface area (Å²) >= 11 is 0. The van der Waals surface area contributed by atoms with E-state index in [4.69, 9.17) is 5.26 Å². The first-order valence-corrected chi connectivity index (χ1v) is 7.16. The van der Waals surface area contributed by atoms with Gasteiger partial charge in [0.25, 0.3) is 0 Å². The number of rotatable bonds is 7. The molecule has 0 aromatic carbocycles. The molecule has 1 fully saturated rings. The standard InChI is InChI=1S/C14H22N4O3/c1-10(2)18-9-11(8-13(18)20)14(21)17-7-3-6-16-12(19)4-5-15/h10-11H,3-4,6-9H2,1-2H3,(H,16,19)(H,17,21). The Morgan fingerprint density at radius 1 is 1.38 bits per heavy atom. The average Bonchev–Trinajstić information content (AvgIpc) is 2.81. The summed E-state index contributed by atoms with van der Waals surface area (Å²) < 4.78 is 0. The van der Waals surface area contributed by atoms with E-state index in [1.807, 2.05) is 13.8 Å². The van der Waals surface area contributed by atoms with Crippen LogP contribution in [0, 0.1) is 17.2 Å². The van der Waals surface area contributed by atoms with Crippen LogP contribution in [0.1, 0.15) is 33.1 Å². The summed E-state index contributed by atoms with van der Waals surface area (Å²) in [6, 6.07) is 1.88. The Labute approximate surface area is 124 Å². The Hall–Kier alpha value is -2.10. The molecule has 2 N–H and O–H groups in total. The van der Waals surface area contributed by atoms with E-state index < -0.39 is 0 Å². The van der Waals surface area contributed by atoms with E-state index in [0.717, 1.165) is 0 Å². The maximum atomic E-state index is 11.9. The lowest BCUT2D eigenvalue weighted by molar-refractivity contribution is -0.130. The summed E-state index contributed by atoms with van der Waals surface area (Å²) in [7, 11) is 0. The van der Waals surface area contributed by atoms with Crippen LogP contribution in [0.25, 0.3) is 0 Å². The third kappa shape index (κ3) is 5.42. The van der Waals surface area contributed by atoms with Gasteiger partial charge in [0.15, 0.2) is 0 Å². The number of nitrogens with zero attached hydrogens (tertiary/aromatic N) is 2. The van der Waals surface area contributed by atoms with E-state index in [1.165, 1.54) is 0 Å². The van der Waals surface area contributed by atoms with Crippen molar-refractivity contribution in [3.05, 3.63) is 0 Å². The van der Waals surface area contributed by atoms with Crippen molar-refractivity contribution in [1.29, 1.82) is 5.26 Å². The van der Waals surface area contributed by atoms with E-state index in [0.29, 0.717) is 26.1 Å². The van der Waals surface area contributed by atoms with Crippen LogP contribution in [0.5, 0.6) is 0 Å². The lowest BCUT2D eigenvalue weighted by Gasteiger charge is -2.20. The minimum atomic E-state index is -0.308. The molecule has 1 unspecified atom stereocenters. The molecule has 21 heavy (non-hydrogen) atoms. The quantitative estimate of drug-likeness (QED) is 0.634. The van der Waals surface area contributed by atoms with E-state index in [2.05, 4.69) is 10.6 Å². The van der Waals surface area contributed by atoms with Gasteiger partial charge in [-0.15, -0.1) is 0 Å². The first-order valence-electron chi connectivity index (χ1n) is 7.16. The van der Waals surface area contributed by atoms with Gasteiger partial charge in [0, 0.05) is 32.1 Å². The van der Waals surface area contributed by atoms with Gasteiger partial charge in [-0.1, -0.05) is 0 Å². The van der Waals surface area contributed by atoms with Crippen molar-refractivity contribution in [1.82, 2.24) is 15.5 Å². The zero-order valence-electron chi connectivity index (χ0n) is 12.5. The predicted molar refractivity (Wildman–Crippen MR) is 75.8 cm³/mol. The van der Waals surface area contributed by atoms with Crippen LogP contribution in [-0.4, -0.2) is 48.3 Å². The van der Waals surface area contributed by atoms with Crippen molar-refractivity contribution in [3.63, 3.8) is 0 Å². The number of carbonyl (C=O) groups excluding carboxylic acids is 3. The molecule has 0 aliphatic carbocycles. The maximum Gasteiger partial charge on any atom is 0.234 e. The number of likely N-dealkylation sites (tertiary alicyclic amines) is 1. The van der Waals surface area contributed by atoms with Gasteiger partial charge >= 0.3 is 0 Å². The number of amides is 3. The van der Waals surface area contributed by atoms with Gasteiger partial charge in [-0.2, -0.15) is 5.26 Å². The molecule has 7 heteroatoms. The first kappa shape index (κ1) is 17.0. The van der Waals surface area contributed by atoms with Crippen LogP contribution in [0.2, 0.25) is 0 Å². The summed E-state index contributed by atoms with van der Waals surface area (Å²) in [6.45, 7) is 5.20. The molecule has 0 saturated carbocycles. The van der Waals surface area contributed by atoms with E-state index in [9.17, 15) is 14.4 Å². The van der Waals surface area contributed by atoms with Crippen molar-refractivity contribution in [2.75, 3.05) is 19.6 Å². The van der Waals surface area contributed by atoms with Crippen LogP contribution >= 0.6 is 0 Å². The van der Waals surface area contributed by atoms with Crippen molar-refractivity contribution < 1.29 is 14.4 Å². The molecule has 1 aliphatic rings. The number of nitrogens with one attached hydrogen (secondary N) is 2. The second kappa shape index (κ2) is 8.25. The molecule has 1 heterocycles. The van der Waals surface area contributed by atoms with Crippen LogP contribution in [0.3, 0.4) is 0 Å². The van der Waals surface area contributed by atoms with Gasteiger partial charge in [-0.25, -0.2) is 0 Å². The summed E-state index contributed by atoms with van der Waals surface area (Å²) in [4.78, 5) is 36.4. The van der Waals surface area contributed by atoms with Gasteiger partial charge < -0.3 is 15.5 Å². The third-order valence-corrected chi connectivity index (χ3v) is 3.37. The van der Waals surface area contributed by atoms with E-state index in [1.54, 1.807) is 11.0 Å². The Kier molecular flexibility index (Phi) is 6.66. The van der Waals surface area contributed by atoms with Crippen LogP contribution in [0.4, 0.5) is 0 Å². The molecule has 0 bridgehead atoms. The molecule has 0 radical (unpaired) electrons. The smallest absolute Gasteiger partial charge is 0.234 e. The number of carbonyl (C=O) groups is 3. The van der Waals surface area contributed by atoms with Crippen molar-refractivity contribution in [3.8, 4) is 6.07 Å². The molecule has 0 spiro atoms. The number of hydrogen-bond acceptors (Lipinski definition) is 4. The highest BCUT2D eigenvalue weighted by atomic mass is 16.2. The van der Waals surface area contributed by atoms with Crippen LogP contribution < -0.4 is 10.6 Å². The normalized spacial score (nSPS) is 17.7. The van der Waals surface area contributed by atoms with Gasteiger partial charge in [0.1, 0.15) is 6.42 Å². The fourth-order valence-electron chi connectivity index (χ4n) is 2.21. The van der Waals surface area contributed by atoms with Gasteiger partial charge in [0.2, 0.25) is 17.7 Å². The monoisotopic (exact) mass is 294 g/mol. The van der Waals surface area contributed by atoms with E-state index in [-0.39, 0.29) is 42.5 Å². The summed E-state index contributed by atoms with van der Waals surface area (Å²) in [5.41, 5.74) is 0. The molecule has 1 saturated heterocycles. The maximum absolute atomic E-state index is 11.9. The fraction of sp³-hybridized carbons (Fsp3) is 0.714. The molecular formula is C14H22N4O3. The zero-order chi connectivity index (χ0) is 15.8. The van der Waals surface area contributed by atoms with Crippen molar-refractivity contribution in [2.45, 2.75) is 39.2 Å². The lowest BCUT2D eigenvalue weighted by atomic mass is 10.1. The van der Waals surface area contributed by atoms with E-state index >= 15 is 0 Å². The van der Waals surface area contributed by atoms with Crippen LogP contribution in [0.15, 0.2) is 0 Å². The molecular weight excluding hydrogens is 272 g/mol. The molecule has 3 amide bonds.